The molecule has 0 aromatic carbocycles. The first-order chi connectivity index (χ1) is 7.65. The van der Waals surface area contributed by atoms with Gasteiger partial charge in [-0.3, -0.25) is 4.98 Å². The predicted octanol–water partition coefficient (Wildman–Crippen LogP) is 4.54. The van der Waals surface area contributed by atoms with Crippen LogP contribution in [-0.2, 0) is 0 Å². The summed E-state index contributed by atoms with van der Waals surface area (Å²) in [5, 5.41) is 0. The summed E-state index contributed by atoms with van der Waals surface area (Å²) in [6.07, 6.45) is 7.54. The number of hydrogen-bond donors (Lipinski definition) is 0. The third kappa shape index (κ3) is 3.65. The molecular formula is C15H21N. The molecule has 0 unspecified atom stereocenters. The molecule has 0 spiro atoms. The van der Waals surface area contributed by atoms with Crippen LogP contribution in [0.4, 0.5) is 0 Å². The van der Waals surface area contributed by atoms with E-state index >= 15 is 0 Å². The lowest BCUT2D eigenvalue weighted by molar-refractivity contribution is 0.794. The molecule has 0 N–H and O–H groups in total. The summed E-state index contributed by atoms with van der Waals surface area (Å²) in [6, 6.07) is 4.07. The van der Waals surface area contributed by atoms with E-state index in [1.807, 2.05) is 19.2 Å². The Balaban J connectivity index is 2.77. The van der Waals surface area contributed by atoms with Gasteiger partial charge in [0.25, 0.3) is 0 Å². The molecule has 0 aliphatic rings. The van der Waals surface area contributed by atoms with E-state index in [4.69, 9.17) is 0 Å². The van der Waals surface area contributed by atoms with Crippen LogP contribution in [0.1, 0.15) is 44.4 Å². The van der Waals surface area contributed by atoms with E-state index in [1.165, 1.54) is 29.6 Å². The zero-order chi connectivity index (χ0) is 12.0. The lowest BCUT2D eigenvalue weighted by atomic mass is 10.0. The Bertz CT molecular complexity index is 388. The maximum absolute atomic E-state index is 4.28. The topological polar surface area (TPSA) is 12.9 Å². The molecule has 0 amide bonds. The van der Waals surface area contributed by atoms with Crippen LogP contribution >= 0.6 is 0 Å². The van der Waals surface area contributed by atoms with E-state index in [-0.39, 0.29) is 0 Å². The summed E-state index contributed by atoms with van der Waals surface area (Å²) in [4.78, 5) is 4.28. The summed E-state index contributed by atoms with van der Waals surface area (Å²) >= 11 is 0. The third-order valence-electron chi connectivity index (χ3n) is 2.81. The molecule has 1 aromatic rings. The Labute approximate surface area is 98.9 Å². The minimum absolute atomic E-state index is 1.07. The molecule has 1 heteroatoms. The van der Waals surface area contributed by atoms with Crippen molar-refractivity contribution in [1.82, 2.24) is 4.98 Å². The van der Waals surface area contributed by atoms with Crippen LogP contribution in [0.25, 0.3) is 6.08 Å². The van der Waals surface area contributed by atoms with E-state index in [2.05, 4.69) is 37.6 Å². The third-order valence-corrected chi connectivity index (χ3v) is 2.81. The van der Waals surface area contributed by atoms with Gasteiger partial charge in [0, 0.05) is 11.9 Å². The number of aromatic nitrogens is 1. The molecule has 16 heavy (non-hydrogen) atoms. The zero-order valence-corrected chi connectivity index (χ0v) is 10.6. The van der Waals surface area contributed by atoms with Gasteiger partial charge in [0.2, 0.25) is 0 Å². The second-order valence-corrected chi connectivity index (χ2v) is 4.21. The van der Waals surface area contributed by atoms with Gasteiger partial charge in [0.05, 0.1) is 0 Å². The molecule has 0 bridgehead atoms. The summed E-state index contributed by atoms with van der Waals surface area (Å²) in [5.74, 6) is 0. The van der Waals surface area contributed by atoms with Gasteiger partial charge in [-0.05, 0) is 50.0 Å². The van der Waals surface area contributed by atoms with E-state index < -0.39 is 0 Å². The number of unbranched alkanes of at least 4 members (excludes halogenated alkanes) is 1. The summed E-state index contributed by atoms with van der Waals surface area (Å²) in [6.45, 7) is 10.5. The Kier molecular flexibility index (Phi) is 4.97. The summed E-state index contributed by atoms with van der Waals surface area (Å²) < 4.78 is 0. The molecule has 1 rings (SSSR count). The van der Waals surface area contributed by atoms with Gasteiger partial charge in [-0.25, -0.2) is 0 Å². The Morgan fingerprint density at radius 2 is 2.25 bits per heavy atom. The predicted molar refractivity (Wildman–Crippen MR) is 71.3 cm³/mol. The summed E-state index contributed by atoms with van der Waals surface area (Å²) in [5.41, 5.74) is 4.78. The molecule has 0 saturated carbocycles. The fourth-order valence-electron chi connectivity index (χ4n) is 1.57. The van der Waals surface area contributed by atoms with Gasteiger partial charge in [-0.1, -0.05) is 31.6 Å². The van der Waals surface area contributed by atoms with Crippen molar-refractivity contribution in [2.45, 2.75) is 40.0 Å². The van der Waals surface area contributed by atoms with Crippen LogP contribution < -0.4 is 0 Å². The SMILES string of the molecule is C=C(CCCC)/C(C)=C\c1cccnc1C. The first-order valence-corrected chi connectivity index (χ1v) is 5.93. The van der Waals surface area contributed by atoms with Gasteiger partial charge in [-0.2, -0.15) is 0 Å². The molecular weight excluding hydrogens is 194 g/mol. The van der Waals surface area contributed by atoms with Crippen molar-refractivity contribution in [3.63, 3.8) is 0 Å². The van der Waals surface area contributed by atoms with E-state index in [9.17, 15) is 0 Å². The molecule has 0 fully saturated rings. The van der Waals surface area contributed by atoms with Crippen molar-refractivity contribution in [3.8, 4) is 0 Å². The maximum Gasteiger partial charge on any atom is 0.0444 e. The van der Waals surface area contributed by atoms with E-state index in [0.717, 1.165) is 12.1 Å². The molecule has 0 aliphatic heterocycles. The smallest absolute Gasteiger partial charge is 0.0444 e. The highest BCUT2D eigenvalue weighted by atomic mass is 14.7. The van der Waals surface area contributed by atoms with Crippen LogP contribution in [0, 0.1) is 6.92 Å². The molecule has 0 saturated heterocycles. The fraction of sp³-hybridized carbons (Fsp3) is 0.400. The lowest BCUT2D eigenvalue weighted by Gasteiger charge is -2.06. The van der Waals surface area contributed by atoms with Gasteiger partial charge >= 0.3 is 0 Å². The van der Waals surface area contributed by atoms with E-state index in [1.54, 1.807) is 0 Å². The van der Waals surface area contributed by atoms with Gasteiger partial charge in [0.15, 0.2) is 0 Å². The highest BCUT2D eigenvalue weighted by Gasteiger charge is 1.99. The largest absolute Gasteiger partial charge is 0.261 e. The zero-order valence-electron chi connectivity index (χ0n) is 10.6. The van der Waals surface area contributed by atoms with Crippen LogP contribution in [-0.4, -0.2) is 4.98 Å². The molecule has 86 valence electrons. The molecule has 1 heterocycles. The summed E-state index contributed by atoms with van der Waals surface area (Å²) in [7, 11) is 0. The molecule has 0 aliphatic carbocycles. The number of nitrogens with zero attached hydrogens (tertiary/aromatic N) is 1. The van der Waals surface area contributed by atoms with Crippen LogP contribution in [0.3, 0.4) is 0 Å². The van der Waals surface area contributed by atoms with Gasteiger partial charge in [0.1, 0.15) is 0 Å². The van der Waals surface area contributed by atoms with Crippen LogP contribution in [0.2, 0.25) is 0 Å². The van der Waals surface area contributed by atoms with Crippen molar-refractivity contribution >= 4 is 6.08 Å². The molecule has 0 radical (unpaired) electrons. The van der Waals surface area contributed by atoms with Crippen molar-refractivity contribution < 1.29 is 0 Å². The Morgan fingerprint density at radius 3 is 2.88 bits per heavy atom. The Hall–Kier alpha value is -1.37. The van der Waals surface area contributed by atoms with E-state index in [0.29, 0.717) is 0 Å². The molecule has 1 nitrogen and oxygen atoms in total. The minimum atomic E-state index is 1.07. The second-order valence-electron chi connectivity index (χ2n) is 4.21. The second kappa shape index (κ2) is 6.26. The highest BCUT2D eigenvalue weighted by molar-refractivity contribution is 5.58. The Morgan fingerprint density at radius 1 is 1.50 bits per heavy atom. The average molecular weight is 215 g/mol. The first kappa shape index (κ1) is 12.7. The number of aryl methyl sites for hydroxylation is 1. The number of pyridine rings is 1. The van der Waals surface area contributed by atoms with Crippen molar-refractivity contribution in [2.75, 3.05) is 0 Å². The van der Waals surface area contributed by atoms with Crippen LogP contribution in [0.15, 0.2) is 36.1 Å². The van der Waals surface area contributed by atoms with Gasteiger partial charge in [-0.15, -0.1) is 0 Å². The standard InChI is InChI=1S/C15H21N/c1-5-6-8-12(2)13(3)11-15-9-7-10-16-14(15)4/h7,9-11H,2,5-6,8H2,1,3-4H3/b13-11-. The fourth-order valence-corrected chi connectivity index (χ4v) is 1.57. The monoisotopic (exact) mass is 215 g/mol. The number of hydrogen-bond acceptors (Lipinski definition) is 1. The highest BCUT2D eigenvalue weighted by Crippen LogP contribution is 2.18. The quantitative estimate of drug-likeness (QED) is 0.657. The molecule has 0 atom stereocenters. The van der Waals surface area contributed by atoms with Crippen LogP contribution in [0.5, 0.6) is 0 Å². The molecule has 1 aromatic heterocycles. The first-order valence-electron chi connectivity index (χ1n) is 5.93. The van der Waals surface area contributed by atoms with Gasteiger partial charge < -0.3 is 0 Å². The lowest BCUT2D eigenvalue weighted by Crippen LogP contribution is -1.88. The van der Waals surface area contributed by atoms with Crippen molar-refractivity contribution in [3.05, 3.63) is 47.3 Å². The maximum atomic E-state index is 4.28. The number of rotatable bonds is 5. The number of allylic oxidation sites excluding steroid dienone is 2. The van der Waals surface area contributed by atoms with Crippen molar-refractivity contribution in [2.24, 2.45) is 0 Å². The van der Waals surface area contributed by atoms with Crippen molar-refractivity contribution in [1.29, 1.82) is 0 Å². The normalized spacial score (nSPS) is 11.6. The average Bonchev–Trinajstić information content (AvgIpc) is 2.28. The minimum Gasteiger partial charge on any atom is -0.261 e.